The number of ether oxygens (including phenoxy) is 1. The van der Waals surface area contributed by atoms with E-state index >= 15 is 0 Å². The zero-order valence-corrected chi connectivity index (χ0v) is 12.6. The van der Waals surface area contributed by atoms with Crippen molar-refractivity contribution in [2.75, 3.05) is 27.2 Å². The van der Waals surface area contributed by atoms with E-state index in [4.69, 9.17) is 0 Å². The SMILES string of the molecule is COC(=O)CCN(C)S(=O)(=O)N(CC(F)(F)F)C(C)C. The molecule has 0 aliphatic carbocycles. The van der Waals surface area contributed by atoms with Crippen molar-refractivity contribution in [2.45, 2.75) is 32.5 Å². The van der Waals surface area contributed by atoms with Crippen LogP contribution in [0.5, 0.6) is 0 Å². The maximum Gasteiger partial charge on any atom is 0.402 e. The normalized spacial score (nSPS) is 13.3. The van der Waals surface area contributed by atoms with E-state index in [1.807, 2.05) is 0 Å². The van der Waals surface area contributed by atoms with Crippen molar-refractivity contribution in [3.8, 4) is 0 Å². The Hall–Kier alpha value is -0.870. The molecule has 0 fully saturated rings. The molecule has 0 saturated heterocycles. The van der Waals surface area contributed by atoms with Crippen LogP contribution in [-0.4, -0.2) is 62.5 Å². The van der Waals surface area contributed by atoms with E-state index in [0.717, 1.165) is 14.2 Å². The second-order valence-electron chi connectivity index (χ2n) is 4.41. The average molecular weight is 320 g/mol. The molecule has 0 unspecified atom stereocenters. The number of hydrogen-bond donors (Lipinski definition) is 0. The second kappa shape index (κ2) is 7.23. The van der Waals surface area contributed by atoms with Crippen LogP contribution < -0.4 is 0 Å². The fourth-order valence-electron chi connectivity index (χ4n) is 1.35. The molecule has 0 saturated carbocycles. The van der Waals surface area contributed by atoms with Gasteiger partial charge in [-0.1, -0.05) is 0 Å². The van der Waals surface area contributed by atoms with Gasteiger partial charge in [-0.25, -0.2) is 0 Å². The number of alkyl halides is 3. The molecule has 0 aliphatic rings. The smallest absolute Gasteiger partial charge is 0.402 e. The number of hydrogen-bond acceptors (Lipinski definition) is 4. The van der Waals surface area contributed by atoms with Crippen LogP contribution in [0.2, 0.25) is 0 Å². The minimum absolute atomic E-state index is 0.232. The fourth-order valence-corrected chi connectivity index (χ4v) is 2.87. The average Bonchev–Trinajstić information content (AvgIpc) is 2.30. The largest absolute Gasteiger partial charge is 0.469 e. The molecule has 0 bridgehead atoms. The maximum absolute atomic E-state index is 12.4. The minimum atomic E-state index is -4.64. The third-order valence-electron chi connectivity index (χ3n) is 2.46. The van der Waals surface area contributed by atoms with Gasteiger partial charge in [-0.05, 0) is 13.8 Å². The highest BCUT2D eigenvalue weighted by Gasteiger charge is 2.39. The predicted molar refractivity (Wildman–Crippen MR) is 66.1 cm³/mol. The van der Waals surface area contributed by atoms with Crippen LogP contribution in [0.25, 0.3) is 0 Å². The minimum Gasteiger partial charge on any atom is -0.469 e. The highest BCUT2D eigenvalue weighted by Crippen LogP contribution is 2.21. The van der Waals surface area contributed by atoms with E-state index in [0.29, 0.717) is 8.61 Å². The summed E-state index contributed by atoms with van der Waals surface area (Å²) < 4.78 is 66.8. The molecular weight excluding hydrogens is 301 g/mol. The Labute approximate surface area is 116 Å². The summed E-state index contributed by atoms with van der Waals surface area (Å²) in [5, 5.41) is 0. The highest BCUT2D eigenvalue weighted by molar-refractivity contribution is 7.86. The van der Waals surface area contributed by atoms with Crippen LogP contribution in [0, 0.1) is 0 Å². The number of rotatable bonds is 7. The lowest BCUT2D eigenvalue weighted by Gasteiger charge is -2.30. The molecule has 0 atom stereocenters. The molecule has 0 heterocycles. The molecule has 0 amide bonds. The highest BCUT2D eigenvalue weighted by atomic mass is 32.2. The van der Waals surface area contributed by atoms with E-state index in [9.17, 15) is 26.4 Å². The van der Waals surface area contributed by atoms with Crippen molar-refractivity contribution in [3.05, 3.63) is 0 Å². The summed E-state index contributed by atoms with van der Waals surface area (Å²) >= 11 is 0. The van der Waals surface area contributed by atoms with Gasteiger partial charge in [0.2, 0.25) is 0 Å². The van der Waals surface area contributed by atoms with Gasteiger partial charge in [0.05, 0.1) is 13.5 Å². The monoisotopic (exact) mass is 320 g/mol. The standard InChI is InChI=1S/C10H19F3N2O4S/c1-8(2)15(7-10(11,12)13)20(17,18)14(3)6-5-9(16)19-4/h8H,5-7H2,1-4H3. The van der Waals surface area contributed by atoms with Gasteiger partial charge in [0.1, 0.15) is 6.54 Å². The van der Waals surface area contributed by atoms with Crippen molar-refractivity contribution >= 4 is 16.2 Å². The lowest BCUT2D eigenvalue weighted by Crippen LogP contribution is -2.49. The molecule has 0 N–H and O–H groups in total. The van der Waals surface area contributed by atoms with Gasteiger partial charge in [0.15, 0.2) is 0 Å². The van der Waals surface area contributed by atoms with Crippen LogP contribution in [0.15, 0.2) is 0 Å². The molecule has 0 aromatic carbocycles. The van der Waals surface area contributed by atoms with Crippen molar-refractivity contribution in [3.63, 3.8) is 0 Å². The Kier molecular flexibility index (Phi) is 6.91. The zero-order chi connectivity index (χ0) is 16.1. The lowest BCUT2D eigenvalue weighted by molar-refractivity contribution is -0.141. The van der Waals surface area contributed by atoms with Gasteiger partial charge >= 0.3 is 12.1 Å². The van der Waals surface area contributed by atoms with E-state index in [1.165, 1.54) is 13.8 Å². The first-order valence-corrected chi connectivity index (χ1v) is 7.18. The molecule has 0 aromatic heterocycles. The first-order chi connectivity index (χ1) is 8.91. The van der Waals surface area contributed by atoms with Gasteiger partial charge in [-0.3, -0.25) is 4.79 Å². The number of carbonyl (C=O) groups is 1. The summed E-state index contributed by atoms with van der Waals surface area (Å²) in [4.78, 5) is 10.9. The zero-order valence-electron chi connectivity index (χ0n) is 11.8. The van der Waals surface area contributed by atoms with E-state index < -0.39 is 34.9 Å². The lowest BCUT2D eigenvalue weighted by atomic mass is 10.4. The van der Waals surface area contributed by atoms with Gasteiger partial charge in [0.25, 0.3) is 10.2 Å². The van der Waals surface area contributed by atoms with Crippen molar-refractivity contribution < 1.29 is 31.1 Å². The summed E-state index contributed by atoms with van der Waals surface area (Å²) in [6, 6.07) is -0.859. The van der Waals surface area contributed by atoms with Gasteiger partial charge in [0, 0.05) is 19.6 Å². The Morgan fingerprint density at radius 3 is 2.15 bits per heavy atom. The van der Waals surface area contributed by atoms with Crippen LogP contribution >= 0.6 is 0 Å². The van der Waals surface area contributed by atoms with E-state index in [-0.39, 0.29) is 13.0 Å². The summed E-state index contributed by atoms with van der Waals surface area (Å²) in [5.41, 5.74) is 0. The number of carbonyl (C=O) groups excluding carboxylic acids is 1. The predicted octanol–water partition coefficient (Wildman–Crippen LogP) is 0.999. The second-order valence-corrected chi connectivity index (χ2v) is 6.40. The first kappa shape index (κ1) is 19.1. The molecule has 0 aliphatic heterocycles. The van der Waals surface area contributed by atoms with Gasteiger partial charge < -0.3 is 4.74 Å². The quantitative estimate of drug-likeness (QED) is 0.656. The number of nitrogens with zero attached hydrogens (tertiary/aromatic N) is 2. The molecular formula is C10H19F3N2O4S. The van der Waals surface area contributed by atoms with E-state index in [2.05, 4.69) is 4.74 Å². The summed E-state index contributed by atoms with van der Waals surface area (Å²) in [6.45, 7) is 0.862. The van der Waals surface area contributed by atoms with Crippen LogP contribution in [-0.2, 0) is 19.7 Å². The molecule has 20 heavy (non-hydrogen) atoms. The fraction of sp³-hybridized carbons (Fsp3) is 0.900. The number of esters is 1. The third-order valence-corrected chi connectivity index (χ3v) is 4.57. The Bertz CT molecular complexity index is 423. The molecule has 6 nitrogen and oxygen atoms in total. The molecule has 0 radical (unpaired) electrons. The molecule has 0 rings (SSSR count). The molecule has 0 spiro atoms. The maximum atomic E-state index is 12.4. The van der Waals surface area contributed by atoms with Crippen molar-refractivity contribution in [2.24, 2.45) is 0 Å². The topological polar surface area (TPSA) is 66.9 Å². The summed E-state index contributed by atoms with van der Waals surface area (Å²) in [5.74, 6) is -0.640. The number of methoxy groups -OCH3 is 1. The molecule has 10 heteroatoms. The van der Waals surface area contributed by atoms with Crippen LogP contribution in [0.4, 0.5) is 13.2 Å². The summed E-state index contributed by atoms with van der Waals surface area (Å²) in [6.07, 6.45) is -4.87. The summed E-state index contributed by atoms with van der Waals surface area (Å²) in [7, 11) is -2.04. The molecule has 0 aromatic rings. The first-order valence-electron chi connectivity index (χ1n) is 5.78. The van der Waals surface area contributed by atoms with Crippen molar-refractivity contribution in [1.82, 2.24) is 8.61 Å². The Balaban J connectivity index is 4.99. The van der Waals surface area contributed by atoms with Gasteiger partial charge in [-0.15, -0.1) is 0 Å². The number of halogens is 3. The van der Waals surface area contributed by atoms with Gasteiger partial charge in [-0.2, -0.15) is 30.2 Å². The van der Waals surface area contributed by atoms with E-state index in [1.54, 1.807) is 0 Å². The third kappa shape index (κ3) is 6.06. The van der Waals surface area contributed by atoms with Crippen LogP contribution in [0.3, 0.4) is 0 Å². The Morgan fingerprint density at radius 2 is 1.80 bits per heavy atom. The van der Waals surface area contributed by atoms with Crippen LogP contribution in [0.1, 0.15) is 20.3 Å². The Morgan fingerprint density at radius 1 is 1.30 bits per heavy atom. The van der Waals surface area contributed by atoms with Crippen molar-refractivity contribution in [1.29, 1.82) is 0 Å². The molecule has 120 valence electrons.